The van der Waals surface area contributed by atoms with Gasteiger partial charge in [-0.15, -0.1) is 0 Å². The fourth-order valence-electron chi connectivity index (χ4n) is 2.43. The Morgan fingerprint density at radius 3 is 2.32 bits per heavy atom. The Bertz CT molecular complexity index is 915. The highest BCUT2D eigenvalue weighted by Crippen LogP contribution is 2.26. The minimum atomic E-state index is -3.57. The molecule has 7 nitrogen and oxygen atoms in total. The number of nitrogens with zero attached hydrogens (tertiary/aromatic N) is 1. The molecule has 0 aromatic heterocycles. The van der Waals surface area contributed by atoms with Gasteiger partial charge in [-0.1, -0.05) is 23.7 Å². The van der Waals surface area contributed by atoms with Crippen molar-refractivity contribution in [2.24, 2.45) is 0 Å². The standard InChI is InChI=1S/C19H25ClN4O3S/c1-4-21-17-10-9-16(28(26,27)24(2)3)11-18(17)22-13-19(25)23-12-14-5-7-15(20)8-6-14/h5-11,21-22H,4,12-13H2,1-3H3,(H,23,25). The second kappa shape index (κ2) is 9.77. The molecule has 0 aliphatic rings. The van der Waals surface area contributed by atoms with Gasteiger partial charge in [-0.05, 0) is 42.8 Å². The van der Waals surface area contributed by atoms with Crippen LogP contribution in [0.4, 0.5) is 11.4 Å². The second-order valence-electron chi connectivity index (χ2n) is 6.28. The van der Waals surface area contributed by atoms with Crippen LogP contribution < -0.4 is 16.0 Å². The van der Waals surface area contributed by atoms with Gasteiger partial charge in [0.15, 0.2) is 0 Å². The normalized spacial score (nSPS) is 11.3. The Balaban J connectivity index is 2.06. The highest BCUT2D eigenvalue weighted by atomic mass is 35.5. The molecule has 9 heteroatoms. The zero-order valence-electron chi connectivity index (χ0n) is 16.1. The maximum Gasteiger partial charge on any atom is 0.242 e. The van der Waals surface area contributed by atoms with E-state index in [9.17, 15) is 13.2 Å². The average Bonchev–Trinajstić information content (AvgIpc) is 2.66. The molecule has 0 saturated carbocycles. The van der Waals surface area contributed by atoms with Gasteiger partial charge >= 0.3 is 0 Å². The molecular weight excluding hydrogens is 400 g/mol. The van der Waals surface area contributed by atoms with E-state index in [-0.39, 0.29) is 17.3 Å². The molecule has 0 aliphatic carbocycles. The van der Waals surface area contributed by atoms with Crippen molar-refractivity contribution in [2.45, 2.75) is 18.4 Å². The van der Waals surface area contributed by atoms with Crippen LogP contribution in [0.2, 0.25) is 5.02 Å². The minimum Gasteiger partial charge on any atom is -0.384 e. The number of anilines is 2. The largest absolute Gasteiger partial charge is 0.384 e. The number of benzene rings is 2. The molecule has 2 aromatic carbocycles. The van der Waals surface area contributed by atoms with Crippen LogP contribution in [0.1, 0.15) is 12.5 Å². The number of sulfonamides is 1. The van der Waals surface area contributed by atoms with Crippen LogP contribution in [0, 0.1) is 0 Å². The quantitative estimate of drug-likeness (QED) is 0.575. The number of carbonyl (C=O) groups excluding carboxylic acids is 1. The average molecular weight is 425 g/mol. The summed E-state index contributed by atoms with van der Waals surface area (Å²) in [6.45, 7) is 2.99. The second-order valence-corrected chi connectivity index (χ2v) is 8.87. The van der Waals surface area contributed by atoms with Crippen LogP contribution in [-0.2, 0) is 21.4 Å². The minimum absolute atomic E-state index is 0.0114. The Hall–Kier alpha value is -2.29. The number of carbonyl (C=O) groups is 1. The van der Waals surface area contributed by atoms with Crippen molar-refractivity contribution in [1.29, 1.82) is 0 Å². The Morgan fingerprint density at radius 1 is 1.04 bits per heavy atom. The Morgan fingerprint density at radius 2 is 1.71 bits per heavy atom. The van der Waals surface area contributed by atoms with Gasteiger partial charge in [0.2, 0.25) is 15.9 Å². The topological polar surface area (TPSA) is 90.5 Å². The van der Waals surface area contributed by atoms with Crippen molar-refractivity contribution in [3.63, 3.8) is 0 Å². The molecule has 0 spiro atoms. The summed E-state index contributed by atoms with van der Waals surface area (Å²) in [5.74, 6) is -0.210. The maximum atomic E-state index is 12.4. The van der Waals surface area contributed by atoms with Crippen molar-refractivity contribution >= 4 is 38.9 Å². The lowest BCUT2D eigenvalue weighted by Gasteiger charge is -2.17. The van der Waals surface area contributed by atoms with Crippen LogP contribution in [0.25, 0.3) is 0 Å². The highest BCUT2D eigenvalue weighted by Gasteiger charge is 2.19. The molecule has 28 heavy (non-hydrogen) atoms. The van der Waals surface area contributed by atoms with Crippen LogP contribution in [0.15, 0.2) is 47.4 Å². The lowest BCUT2D eigenvalue weighted by atomic mass is 10.2. The number of amides is 1. The van der Waals surface area contributed by atoms with E-state index in [2.05, 4.69) is 16.0 Å². The molecule has 1 amide bonds. The van der Waals surface area contributed by atoms with E-state index in [1.54, 1.807) is 24.3 Å². The first-order chi connectivity index (χ1) is 13.2. The molecule has 3 N–H and O–H groups in total. The van der Waals surface area contributed by atoms with E-state index < -0.39 is 10.0 Å². The fraction of sp³-hybridized carbons (Fsp3) is 0.316. The molecule has 0 atom stereocenters. The number of nitrogens with one attached hydrogen (secondary N) is 3. The van der Waals surface area contributed by atoms with Crippen molar-refractivity contribution in [3.05, 3.63) is 53.1 Å². The Labute approximate surface area is 171 Å². The Kier molecular flexibility index (Phi) is 7.68. The van der Waals surface area contributed by atoms with E-state index in [4.69, 9.17) is 11.6 Å². The van der Waals surface area contributed by atoms with Crippen molar-refractivity contribution < 1.29 is 13.2 Å². The molecule has 0 aliphatic heterocycles. The third-order valence-electron chi connectivity index (χ3n) is 3.98. The number of halogens is 1. The fourth-order valence-corrected chi connectivity index (χ4v) is 3.48. The molecule has 2 aromatic rings. The van der Waals surface area contributed by atoms with Crippen LogP contribution >= 0.6 is 11.6 Å². The summed E-state index contributed by atoms with van der Waals surface area (Å²) in [6, 6.07) is 12.0. The summed E-state index contributed by atoms with van der Waals surface area (Å²) in [4.78, 5) is 12.3. The summed E-state index contributed by atoms with van der Waals surface area (Å²) in [5, 5.41) is 9.62. The SMILES string of the molecule is CCNc1ccc(S(=O)(=O)N(C)C)cc1NCC(=O)NCc1ccc(Cl)cc1. The third kappa shape index (κ3) is 5.85. The van der Waals surface area contributed by atoms with Gasteiger partial charge in [0, 0.05) is 32.2 Å². The van der Waals surface area contributed by atoms with E-state index >= 15 is 0 Å². The summed E-state index contributed by atoms with van der Waals surface area (Å²) in [7, 11) is -0.611. The molecule has 0 bridgehead atoms. The monoisotopic (exact) mass is 424 g/mol. The first-order valence-electron chi connectivity index (χ1n) is 8.79. The molecule has 2 rings (SSSR count). The first kappa shape index (κ1) is 22.0. The highest BCUT2D eigenvalue weighted by molar-refractivity contribution is 7.89. The molecule has 0 saturated heterocycles. The van der Waals surface area contributed by atoms with Gasteiger partial charge in [-0.25, -0.2) is 12.7 Å². The van der Waals surface area contributed by atoms with Crippen molar-refractivity contribution in [1.82, 2.24) is 9.62 Å². The molecular formula is C19H25ClN4O3S. The molecule has 152 valence electrons. The zero-order valence-corrected chi connectivity index (χ0v) is 17.7. The van der Waals surface area contributed by atoms with E-state index in [1.807, 2.05) is 19.1 Å². The molecule has 0 heterocycles. The van der Waals surface area contributed by atoms with Crippen molar-refractivity contribution in [2.75, 3.05) is 37.8 Å². The summed E-state index contributed by atoms with van der Waals surface area (Å²) in [5.41, 5.74) is 2.21. The van der Waals surface area contributed by atoms with Gasteiger partial charge in [0.05, 0.1) is 22.8 Å². The van der Waals surface area contributed by atoms with Crippen LogP contribution in [0.5, 0.6) is 0 Å². The van der Waals surface area contributed by atoms with Gasteiger partial charge in [-0.3, -0.25) is 4.79 Å². The summed E-state index contributed by atoms with van der Waals surface area (Å²) in [6.07, 6.45) is 0. The maximum absolute atomic E-state index is 12.4. The number of hydrogen-bond donors (Lipinski definition) is 3. The van der Waals surface area contributed by atoms with Crippen molar-refractivity contribution in [3.8, 4) is 0 Å². The zero-order chi connectivity index (χ0) is 20.7. The van der Waals surface area contributed by atoms with E-state index in [1.165, 1.54) is 20.2 Å². The van der Waals surface area contributed by atoms with Crippen LogP contribution in [-0.4, -0.2) is 45.8 Å². The molecule has 0 unspecified atom stereocenters. The predicted molar refractivity (Wildman–Crippen MR) is 113 cm³/mol. The van der Waals surface area contributed by atoms with Gasteiger partial charge in [0.1, 0.15) is 0 Å². The smallest absolute Gasteiger partial charge is 0.242 e. The molecule has 0 fully saturated rings. The first-order valence-corrected chi connectivity index (χ1v) is 10.6. The predicted octanol–water partition coefficient (Wildman–Crippen LogP) is 2.75. The lowest BCUT2D eigenvalue weighted by molar-refractivity contribution is -0.119. The summed E-state index contributed by atoms with van der Waals surface area (Å²) >= 11 is 5.85. The van der Waals surface area contributed by atoms with E-state index in [0.717, 1.165) is 15.6 Å². The van der Waals surface area contributed by atoms with E-state index in [0.29, 0.717) is 23.8 Å². The molecule has 0 radical (unpaired) electrons. The summed E-state index contributed by atoms with van der Waals surface area (Å²) < 4.78 is 25.9. The van der Waals surface area contributed by atoms with Crippen LogP contribution in [0.3, 0.4) is 0 Å². The van der Waals surface area contributed by atoms with Gasteiger partial charge < -0.3 is 16.0 Å². The van der Waals surface area contributed by atoms with Gasteiger partial charge in [0.25, 0.3) is 0 Å². The number of hydrogen-bond acceptors (Lipinski definition) is 5. The number of rotatable bonds is 9. The lowest BCUT2D eigenvalue weighted by Crippen LogP contribution is -2.29. The van der Waals surface area contributed by atoms with Gasteiger partial charge in [-0.2, -0.15) is 0 Å². The third-order valence-corrected chi connectivity index (χ3v) is 6.04.